The van der Waals surface area contributed by atoms with Crippen molar-refractivity contribution in [2.75, 3.05) is 5.75 Å². The van der Waals surface area contributed by atoms with Crippen LogP contribution < -0.4 is 0 Å². The van der Waals surface area contributed by atoms with Crippen LogP contribution in [0.15, 0.2) is 18.6 Å². The molecule has 0 saturated carbocycles. The molecule has 27 heavy (non-hydrogen) atoms. The minimum Gasteiger partial charge on any atom is -0.281 e. The van der Waals surface area contributed by atoms with Crippen molar-refractivity contribution in [2.24, 2.45) is 0 Å². The molecule has 13 heteroatoms. The molecule has 144 valence electrons. The van der Waals surface area contributed by atoms with Crippen LogP contribution in [0.1, 0.15) is 11.4 Å². The molecule has 0 aromatic carbocycles. The Balaban J connectivity index is 1.86. The van der Waals surface area contributed by atoms with Gasteiger partial charge in [-0.05, 0) is 13.0 Å². The van der Waals surface area contributed by atoms with Crippen LogP contribution in [-0.2, 0) is 15.6 Å². The summed E-state index contributed by atoms with van der Waals surface area (Å²) in [6, 6.07) is 1.33. The number of hydrogen-bond acceptors (Lipinski definition) is 7. The third-order valence-corrected chi connectivity index (χ3v) is 6.04. The number of nitrogens with one attached hydrogen (secondary N) is 1. The van der Waals surface area contributed by atoms with Gasteiger partial charge in [-0.3, -0.25) is 5.10 Å². The summed E-state index contributed by atoms with van der Waals surface area (Å²) in [4.78, 5) is 11.9. The predicted octanol–water partition coefficient (Wildman–Crippen LogP) is 2.91. The maximum absolute atomic E-state index is 13.8. The quantitative estimate of drug-likeness (QED) is 0.502. The fourth-order valence-corrected chi connectivity index (χ4v) is 4.54. The number of aromatic amines is 1. The number of aromatic nitrogens is 5. The van der Waals surface area contributed by atoms with Gasteiger partial charge in [0.2, 0.25) is 5.95 Å². The summed E-state index contributed by atoms with van der Waals surface area (Å²) in [6.45, 7) is 1.64. The van der Waals surface area contributed by atoms with Crippen LogP contribution in [-0.4, -0.2) is 45.5 Å². The summed E-state index contributed by atoms with van der Waals surface area (Å²) in [7, 11) is -4.39. The number of hydrogen-bond donors (Lipinski definition) is 1. The average molecular weight is 421 g/mol. The van der Waals surface area contributed by atoms with Crippen molar-refractivity contribution in [3.05, 3.63) is 35.9 Å². The Labute approximate surface area is 154 Å². The zero-order valence-electron chi connectivity index (χ0n) is 13.6. The topological polar surface area (TPSA) is 101 Å². The molecule has 0 unspecified atom stereocenters. The van der Waals surface area contributed by atoms with Crippen LogP contribution in [0.2, 0.25) is 0 Å². The smallest absolute Gasteiger partial charge is 0.281 e. The maximum atomic E-state index is 13.8. The maximum Gasteiger partial charge on any atom is 0.402 e. The first-order valence-corrected chi connectivity index (χ1v) is 9.93. The SMILES string of the molecule is Cc1nc(-c2cncnc2F)sc1-c1cc(CS(=O)(=O)CC(F)(F)F)[nH]n1. The highest BCUT2D eigenvalue weighted by atomic mass is 32.2. The van der Waals surface area contributed by atoms with Gasteiger partial charge in [0, 0.05) is 6.20 Å². The molecule has 0 spiro atoms. The van der Waals surface area contributed by atoms with E-state index in [9.17, 15) is 26.0 Å². The Kier molecular flexibility index (Phi) is 4.99. The molecule has 0 atom stereocenters. The van der Waals surface area contributed by atoms with Crippen molar-refractivity contribution in [1.29, 1.82) is 0 Å². The molecule has 0 aliphatic carbocycles. The minimum atomic E-state index is -4.81. The lowest BCUT2D eigenvalue weighted by Gasteiger charge is -2.06. The lowest BCUT2D eigenvalue weighted by molar-refractivity contribution is -0.106. The van der Waals surface area contributed by atoms with Gasteiger partial charge in [-0.2, -0.15) is 22.7 Å². The van der Waals surface area contributed by atoms with Gasteiger partial charge in [0.1, 0.15) is 22.8 Å². The van der Waals surface area contributed by atoms with Crippen molar-refractivity contribution in [3.63, 3.8) is 0 Å². The van der Waals surface area contributed by atoms with Crippen molar-refractivity contribution in [3.8, 4) is 21.1 Å². The van der Waals surface area contributed by atoms with E-state index in [1.807, 2.05) is 0 Å². The van der Waals surface area contributed by atoms with Crippen LogP contribution in [0.5, 0.6) is 0 Å². The Morgan fingerprint density at radius 2 is 2.04 bits per heavy atom. The largest absolute Gasteiger partial charge is 0.402 e. The standard InChI is InChI=1S/C14H11F4N5O2S2/c1-7-11(26-13(21-7)9-3-19-6-20-12(9)15)10-2-8(22-23-10)4-27(24,25)5-14(16,17)18/h2-3,6H,4-5H2,1H3,(H,22,23). The van der Waals surface area contributed by atoms with E-state index in [2.05, 4.69) is 25.1 Å². The van der Waals surface area contributed by atoms with Gasteiger partial charge in [0.05, 0.1) is 27.6 Å². The van der Waals surface area contributed by atoms with E-state index in [4.69, 9.17) is 0 Å². The average Bonchev–Trinajstić information content (AvgIpc) is 3.11. The summed E-state index contributed by atoms with van der Waals surface area (Å²) < 4.78 is 74.0. The van der Waals surface area contributed by atoms with Crippen molar-refractivity contribution in [1.82, 2.24) is 25.1 Å². The van der Waals surface area contributed by atoms with E-state index in [1.165, 1.54) is 12.3 Å². The Hall–Kier alpha value is -2.41. The number of alkyl halides is 3. The van der Waals surface area contributed by atoms with E-state index >= 15 is 0 Å². The van der Waals surface area contributed by atoms with Gasteiger partial charge in [-0.1, -0.05) is 0 Å². The second kappa shape index (κ2) is 6.96. The molecule has 3 aromatic heterocycles. The lowest BCUT2D eigenvalue weighted by Crippen LogP contribution is -2.24. The van der Waals surface area contributed by atoms with Gasteiger partial charge in [-0.15, -0.1) is 11.3 Å². The molecule has 3 rings (SSSR count). The minimum absolute atomic E-state index is 0.0119. The molecule has 0 saturated heterocycles. The third kappa shape index (κ3) is 4.66. The summed E-state index contributed by atoms with van der Waals surface area (Å²) in [5, 5.41) is 6.65. The molecule has 1 N–H and O–H groups in total. The molecule has 0 fully saturated rings. The van der Waals surface area contributed by atoms with Crippen LogP contribution in [0, 0.1) is 12.9 Å². The van der Waals surface area contributed by atoms with Gasteiger partial charge in [-0.25, -0.2) is 23.4 Å². The van der Waals surface area contributed by atoms with Crippen LogP contribution in [0.4, 0.5) is 17.6 Å². The Morgan fingerprint density at radius 1 is 1.30 bits per heavy atom. The van der Waals surface area contributed by atoms with E-state index in [0.29, 0.717) is 21.3 Å². The second-order valence-corrected chi connectivity index (χ2v) is 8.65. The zero-order chi connectivity index (χ0) is 19.8. The molecule has 3 aromatic rings. The first-order valence-electron chi connectivity index (χ1n) is 7.29. The number of thiazole rings is 1. The van der Waals surface area contributed by atoms with E-state index in [1.54, 1.807) is 6.92 Å². The van der Waals surface area contributed by atoms with Crippen molar-refractivity contribution in [2.45, 2.75) is 18.9 Å². The first kappa shape index (κ1) is 19.4. The number of nitrogens with zero attached hydrogens (tertiary/aromatic N) is 4. The van der Waals surface area contributed by atoms with Crippen molar-refractivity contribution < 1.29 is 26.0 Å². The van der Waals surface area contributed by atoms with Crippen LogP contribution in [0.3, 0.4) is 0 Å². The molecular formula is C14H11F4N5O2S2. The molecule has 0 bridgehead atoms. The van der Waals surface area contributed by atoms with Crippen LogP contribution >= 0.6 is 11.3 Å². The summed E-state index contributed by atoms with van der Waals surface area (Å²) in [5.41, 5.74) is 0.901. The number of halogens is 4. The Morgan fingerprint density at radius 3 is 2.70 bits per heavy atom. The highest BCUT2D eigenvalue weighted by molar-refractivity contribution is 7.90. The molecule has 0 aliphatic rings. The second-order valence-electron chi connectivity index (χ2n) is 5.59. The number of sulfone groups is 1. The fourth-order valence-electron chi connectivity index (χ4n) is 2.30. The van der Waals surface area contributed by atoms with Crippen LogP contribution in [0.25, 0.3) is 21.1 Å². The normalized spacial score (nSPS) is 12.5. The number of aryl methyl sites for hydroxylation is 1. The van der Waals surface area contributed by atoms with Gasteiger partial charge >= 0.3 is 6.18 Å². The van der Waals surface area contributed by atoms with E-state index in [0.717, 1.165) is 17.7 Å². The fraction of sp³-hybridized carbons (Fsp3) is 0.286. The molecule has 7 nitrogen and oxygen atoms in total. The Bertz CT molecular complexity index is 1080. The number of rotatable bonds is 5. The molecule has 0 aliphatic heterocycles. The molecule has 0 radical (unpaired) electrons. The number of H-pyrrole nitrogens is 1. The third-order valence-electron chi connectivity index (χ3n) is 3.31. The summed E-state index contributed by atoms with van der Waals surface area (Å²) in [6.07, 6.45) is -2.49. The molecule has 0 amide bonds. The summed E-state index contributed by atoms with van der Waals surface area (Å²) in [5.74, 6) is -3.48. The molecular weight excluding hydrogens is 410 g/mol. The highest BCUT2D eigenvalue weighted by Crippen LogP contribution is 2.35. The van der Waals surface area contributed by atoms with Gasteiger partial charge < -0.3 is 0 Å². The summed E-state index contributed by atoms with van der Waals surface area (Å²) >= 11 is 1.08. The monoisotopic (exact) mass is 421 g/mol. The van der Waals surface area contributed by atoms with Gasteiger partial charge in [0.15, 0.2) is 9.84 Å². The zero-order valence-corrected chi connectivity index (χ0v) is 15.2. The predicted molar refractivity (Wildman–Crippen MR) is 89.0 cm³/mol. The molecule has 3 heterocycles. The highest BCUT2D eigenvalue weighted by Gasteiger charge is 2.35. The van der Waals surface area contributed by atoms with Gasteiger partial charge in [0.25, 0.3) is 0 Å². The van der Waals surface area contributed by atoms with E-state index in [-0.39, 0.29) is 11.3 Å². The van der Waals surface area contributed by atoms with Crippen molar-refractivity contribution >= 4 is 21.2 Å². The lowest BCUT2D eigenvalue weighted by atomic mass is 10.3. The van der Waals surface area contributed by atoms with E-state index < -0.39 is 33.5 Å². The first-order chi connectivity index (χ1) is 12.5.